The van der Waals surface area contributed by atoms with Crippen molar-refractivity contribution in [1.82, 2.24) is 5.32 Å². The van der Waals surface area contributed by atoms with Crippen LogP contribution in [0, 0.1) is 0 Å². The fraction of sp³-hybridized carbons (Fsp3) is 0.625. The molecule has 0 saturated heterocycles. The van der Waals surface area contributed by atoms with E-state index in [1.165, 1.54) is 30.6 Å². The van der Waals surface area contributed by atoms with E-state index in [0.717, 1.165) is 18.0 Å². The van der Waals surface area contributed by atoms with Crippen molar-refractivity contribution in [2.24, 2.45) is 0 Å². The predicted molar refractivity (Wildman–Crippen MR) is 86.3 cm³/mol. The number of nitrogens with one attached hydrogen (secondary N) is 1. The highest BCUT2D eigenvalue weighted by Crippen LogP contribution is 2.23. The van der Waals surface area contributed by atoms with Crippen LogP contribution in [0.3, 0.4) is 0 Å². The monoisotopic (exact) mass is 281 g/mol. The van der Waals surface area contributed by atoms with Gasteiger partial charge in [0.25, 0.3) is 0 Å². The van der Waals surface area contributed by atoms with Crippen molar-refractivity contribution < 1.29 is 4.74 Å². The highest BCUT2D eigenvalue weighted by Gasteiger charge is 2.10. The van der Waals surface area contributed by atoms with E-state index < -0.39 is 0 Å². The Morgan fingerprint density at radius 3 is 2.79 bits per heavy atom. The van der Waals surface area contributed by atoms with Gasteiger partial charge >= 0.3 is 0 Å². The molecule has 1 atom stereocenters. The first-order valence-electron chi connectivity index (χ1n) is 7.26. The zero-order valence-corrected chi connectivity index (χ0v) is 13.3. The van der Waals surface area contributed by atoms with Gasteiger partial charge in [-0.3, -0.25) is 0 Å². The summed E-state index contributed by atoms with van der Waals surface area (Å²) in [5.74, 6) is 3.33. The minimum atomic E-state index is 0.423. The Morgan fingerprint density at radius 2 is 2.11 bits per heavy atom. The SMILES string of the molecule is CCCCCSCC(NCC)c1cccc(OC)c1. The van der Waals surface area contributed by atoms with Crippen LogP contribution < -0.4 is 10.1 Å². The lowest BCUT2D eigenvalue weighted by Gasteiger charge is -2.18. The second kappa shape index (κ2) is 10.2. The predicted octanol–water partition coefficient (Wildman–Crippen LogP) is 4.27. The maximum absolute atomic E-state index is 5.31. The van der Waals surface area contributed by atoms with Crippen molar-refractivity contribution in [3.8, 4) is 5.75 Å². The summed E-state index contributed by atoms with van der Waals surface area (Å²) < 4.78 is 5.31. The van der Waals surface area contributed by atoms with Gasteiger partial charge in [0.05, 0.1) is 7.11 Å². The lowest BCUT2D eigenvalue weighted by molar-refractivity contribution is 0.413. The van der Waals surface area contributed by atoms with Gasteiger partial charge in [0.15, 0.2) is 0 Å². The Kier molecular flexibility index (Phi) is 8.76. The van der Waals surface area contributed by atoms with E-state index in [1.54, 1.807) is 7.11 Å². The van der Waals surface area contributed by atoms with Crippen LogP contribution in [0.4, 0.5) is 0 Å². The Balaban J connectivity index is 2.50. The number of thioether (sulfide) groups is 1. The highest BCUT2D eigenvalue weighted by molar-refractivity contribution is 7.99. The van der Waals surface area contributed by atoms with Gasteiger partial charge in [0, 0.05) is 11.8 Å². The van der Waals surface area contributed by atoms with Crippen molar-refractivity contribution >= 4 is 11.8 Å². The molecule has 0 aliphatic rings. The Labute approximate surface area is 122 Å². The van der Waals surface area contributed by atoms with E-state index in [1.807, 2.05) is 17.8 Å². The Hall–Kier alpha value is -0.670. The van der Waals surface area contributed by atoms with Crippen molar-refractivity contribution in [3.63, 3.8) is 0 Å². The van der Waals surface area contributed by atoms with Crippen LogP contribution in [0.1, 0.15) is 44.7 Å². The average Bonchev–Trinajstić information content (AvgIpc) is 2.46. The molecule has 0 bridgehead atoms. The van der Waals surface area contributed by atoms with Gasteiger partial charge < -0.3 is 10.1 Å². The molecule has 0 saturated carbocycles. The topological polar surface area (TPSA) is 21.3 Å². The zero-order valence-electron chi connectivity index (χ0n) is 12.4. The fourth-order valence-corrected chi connectivity index (χ4v) is 3.15. The maximum Gasteiger partial charge on any atom is 0.119 e. The number of unbranched alkanes of at least 4 members (excludes halogenated alkanes) is 2. The molecule has 0 radical (unpaired) electrons. The van der Waals surface area contributed by atoms with Gasteiger partial charge in [-0.1, -0.05) is 38.8 Å². The molecule has 1 aromatic rings. The largest absolute Gasteiger partial charge is 0.497 e. The first-order chi connectivity index (χ1) is 9.31. The maximum atomic E-state index is 5.31. The molecule has 0 aliphatic heterocycles. The molecule has 0 spiro atoms. The quantitative estimate of drug-likeness (QED) is 0.647. The molecule has 2 nitrogen and oxygen atoms in total. The first-order valence-corrected chi connectivity index (χ1v) is 8.42. The number of benzene rings is 1. The van der Waals surface area contributed by atoms with E-state index in [9.17, 15) is 0 Å². The smallest absolute Gasteiger partial charge is 0.119 e. The van der Waals surface area contributed by atoms with Gasteiger partial charge in [-0.05, 0) is 36.4 Å². The molecule has 0 aliphatic carbocycles. The van der Waals surface area contributed by atoms with Crippen LogP contribution in [0.5, 0.6) is 5.75 Å². The lowest BCUT2D eigenvalue weighted by Crippen LogP contribution is -2.23. The third-order valence-electron chi connectivity index (χ3n) is 3.12. The van der Waals surface area contributed by atoms with Gasteiger partial charge in [-0.25, -0.2) is 0 Å². The van der Waals surface area contributed by atoms with Gasteiger partial charge in [0.2, 0.25) is 0 Å². The first kappa shape index (κ1) is 16.4. The normalized spacial score (nSPS) is 12.4. The lowest BCUT2D eigenvalue weighted by atomic mass is 10.1. The summed E-state index contributed by atoms with van der Waals surface area (Å²) in [5, 5.41) is 3.56. The number of hydrogen-bond acceptors (Lipinski definition) is 3. The third-order valence-corrected chi connectivity index (χ3v) is 4.27. The summed E-state index contributed by atoms with van der Waals surface area (Å²) in [7, 11) is 1.72. The van der Waals surface area contributed by atoms with Crippen molar-refractivity contribution in [1.29, 1.82) is 0 Å². The van der Waals surface area contributed by atoms with E-state index in [4.69, 9.17) is 4.74 Å². The summed E-state index contributed by atoms with van der Waals surface area (Å²) in [4.78, 5) is 0. The van der Waals surface area contributed by atoms with Gasteiger partial charge in [0.1, 0.15) is 5.75 Å². The molecule has 0 aromatic heterocycles. The van der Waals surface area contributed by atoms with Crippen LogP contribution in [-0.2, 0) is 0 Å². The summed E-state index contributed by atoms with van der Waals surface area (Å²) in [6, 6.07) is 8.82. The summed E-state index contributed by atoms with van der Waals surface area (Å²) in [5.41, 5.74) is 1.32. The van der Waals surface area contributed by atoms with E-state index in [-0.39, 0.29) is 0 Å². The Bertz CT molecular complexity index is 343. The van der Waals surface area contributed by atoms with Crippen molar-refractivity contribution in [2.45, 2.75) is 39.2 Å². The molecule has 19 heavy (non-hydrogen) atoms. The highest BCUT2D eigenvalue weighted by atomic mass is 32.2. The number of ether oxygens (including phenoxy) is 1. The zero-order chi connectivity index (χ0) is 13.9. The molecule has 1 aromatic carbocycles. The third kappa shape index (κ3) is 6.35. The number of hydrogen-bond donors (Lipinski definition) is 1. The number of methoxy groups -OCH3 is 1. The minimum Gasteiger partial charge on any atom is -0.497 e. The van der Waals surface area contributed by atoms with Crippen LogP contribution in [-0.4, -0.2) is 25.2 Å². The molecule has 1 unspecified atom stereocenters. The van der Waals surface area contributed by atoms with Gasteiger partial charge in [-0.15, -0.1) is 0 Å². The second-order valence-electron chi connectivity index (χ2n) is 4.67. The summed E-state index contributed by atoms with van der Waals surface area (Å²) in [6.07, 6.45) is 3.98. The molecule has 0 heterocycles. The molecular weight excluding hydrogens is 254 g/mol. The summed E-state index contributed by atoms with van der Waals surface area (Å²) >= 11 is 2.05. The molecule has 3 heteroatoms. The molecule has 1 N–H and O–H groups in total. The van der Waals surface area contributed by atoms with E-state index in [2.05, 4.69) is 37.4 Å². The molecule has 0 fully saturated rings. The van der Waals surface area contributed by atoms with E-state index in [0.29, 0.717) is 6.04 Å². The van der Waals surface area contributed by atoms with Crippen molar-refractivity contribution in [2.75, 3.05) is 25.2 Å². The van der Waals surface area contributed by atoms with Gasteiger partial charge in [-0.2, -0.15) is 11.8 Å². The van der Waals surface area contributed by atoms with Crippen LogP contribution in [0.15, 0.2) is 24.3 Å². The van der Waals surface area contributed by atoms with Crippen LogP contribution in [0.2, 0.25) is 0 Å². The molecule has 1 rings (SSSR count). The van der Waals surface area contributed by atoms with E-state index >= 15 is 0 Å². The summed E-state index contributed by atoms with van der Waals surface area (Å²) in [6.45, 7) is 5.41. The number of rotatable bonds is 10. The second-order valence-corrected chi connectivity index (χ2v) is 5.82. The van der Waals surface area contributed by atoms with Crippen molar-refractivity contribution in [3.05, 3.63) is 29.8 Å². The molecule has 0 amide bonds. The molecule has 108 valence electrons. The minimum absolute atomic E-state index is 0.423. The average molecular weight is 281 g/mol. The Morgan fingerprint density at radius 1 is 1.26 bits per heavy atom. The van der Waals surface area contributed by atoms with Crippen LogP contribution >= 0.6 is 11.8 Å². The fourth-order valence-electron chi connectivity index (χ4n) is 2.03. The molecular formula is C16H27NOS. The standard InChI is InChI=1S/C16H27NOS/c1-4-6-7-11-19-13-16(17-5-2)14-9-8-10-15(12-14)18-3/h8-10,12,16-17H,4-7,11,13H2,1-3H3. The van der Waals surface area contributed by atoms with Crippen LogP contribution in [0.25, 0.3) is 0 Å².